The number of aliphatic hydroxyl groups excluding tert-OH is 6. The Balaban J connectivity index is 1.04. The lowest BCUT2D eigenvalue weighted by atomic mass is 9.54. The highest BCUT2D eigenvalue weighted by Crippen LogP contribution is 2.55. The van der Waals surface area contributed by atoms with E-state index in [2.05, 4.69) is 42.5 Å². The highest BCUT2D eigenvalue weighted by Gasteiger charge is 2.51. The van der Waals surface area contributed by atoms with E-state index in [0.717, 1.165) is 98.8 Å². The molecule has 4 aliphatic carbocycles. The van der Waals surface area contributed by atoms with Crippen LogP contribution in [0.1, 0.15) is 138 Å². The van der Waals surface area contributed by atoms with Crippen LogP contribution in [0.5, 0.6) is 46.0 Å². The SMILES string of the molecule is CC(C)C[C@@H](NC(=O)OC(C)(C)C)C(=O)N[C@H]1C(=O)N[C@@H](CC(N)=O)C(=O)N[C@H]2C(=O)N[C@H]3C(=O)N[C@H](C(=O)N[C@H](C(=O)NC4C5CC6CC(C5)CC4C6)c4cc(O)cc(O)c4-c4cc3ccc4O)[C@H](O)c3ccc(c(Cl)c3)Oc3cc2cc(c3OC2OC(CO)C(O)C(O)C2O)Oc2ccc(cc2Cl)[C@H]1O. The molecule has 14 atom stereocenters. The third kappa shape index (κ3) is 16.4. The number of hydrogen-bond acceptors (Lipinski definition) is 23. The Bertz CT molecular complexity index is 4340. The Morgan fingerprint density at radius 1 is 0.636 bits per heavy atom. The summed E-state index contributed by atoms with van der Waals surface area (Å²) < 4.78 is 30.6. The van der Waals surface area contributed by atoms with Gasteiger partial charge in [0, 0.05) is 23.2 Å². The van der Waals surface area contributed by atoms with Crippen LogP contribution in [0, 0.1) is 29.6 Å². The third-order valence-corrected chi connectivity index (χ3v) is 20.9. The molecule has 1 saturated heterocycles. The second-order valence-corrected chi connectivity index (χ2v) is 30.5. The summed E-state index contributed by atoms with van der Waals surface area (Å²) in [5.41, 5.74) is 2.52. The van der Waals surface area contributed by atoms with Crippen molar-refractivity contribution in [3.05, 3.63) is 117 Å². The molecule has 5 aromatic carbocycles. The van der Waals surface area contributed by atoms with Crippen molar-refractivity contribution in [3.8, 4) is 57.1 Å². The lowest BCUT2D eigenvalue weighted by Gasteiger charge is -2.54. The van der Waals surface area contributed by atoms with Crippen LogP contribution >= 0.6 is 23.2 Å². The normalized spacial score (nSPS) is 29.3. The molecule has 0 aromatic heterocycles. The lowest BCUT2D eigenvalue weighted by molar-refractivity contribution is -0.277. The number of phenolic OH excluding ortho intramolecular Hbond substituents is 3. The van der Waals surface area contributed by atoms with Crippen LogP contribution in [0.2, 0.25) is 10.0 Å². The van der Waals surface area contributed by atoms with E-state index in [0.29, 0.717) is 11.8 Å². The van der Waals surface area contributed by atoms with Crippen molar-refractivity contribution < 1.29 is 113 Å². The van der Waals surface area contributed by atoms with Gasteiger partial charge in [-0.3, -0.25) is 38.4 Å². The van der Waals surface area contributed by atoms with Gasteiger partial charge in [-0.2, -0.15) is 0 Å². The van der Waals surface area contributed by atoms with E-state index in [-0.39, 0.29) is 75.1 Å². The second-order valence-electron chi connectivity index (χ2n) is 29.7. The summed E-state index contributed by atoms with van der Waals surface area (Å²) in [6.07, 6.45) is -12.0. The Morgan fingerprint density at radius 2 is 1.22 bits per heavy atom. The van der Waals surface area contributed by atoms with Gasteiger partial charge in [0.2, 0.25) is 59.3 Å². The zero-order chi connectivity index (χ0) is 77.1. The molecule has 6 heterocycles. The molecule has 5 unspecified atom stereocenters. The van der Waals surface area contributed by atoms with Crippen molar-refractivity contribution >= 4 is 76.6 Å². The predicted octanol–water partition coefficient (Wildman–Crippen LogP) is 3.03. The van der Waals surface area contributed by atoms with E-state index < -0.39 is 207 Å². The smallest absolute Gasteiger partial charge is 0.408 e. The number of ether oxygens (including phenoxy) is 5. The summed E-state index contributed by atoms with van der Waals surface area (Å²) in [6.45, 7) is 7.21. The van der Waals surface area contributed by atoms with Crippen molar-refractivity contribution in [1.82, 2.24) is 42.5 Å². The highest BCUT2D eigenvalue weighted by atomic mass is 35.5. The number of halogens is 2. The molecule has 15 bridgehead atoms. The van der Waals surface area contributed by atoms with E-state index in [4.69, 9.17) is 52.6 Å². The van der Waals surface area contributed by atoms with Gasteiger partial charge in [-0.15, -0.1) is 0 Å². The number of aromatic hydroxyl groups is 3. The first-order chi connectivity index (χ1) is 50.6. The molecule has 34 heteroatoms. The fourth-order valence-electron chi connectivity index (χ4n) is 15.5. The molecule has 5 aromatic rings. The van der Waals surface area contributed by atoms with Gasteiger partial charge in [-0.05, 0) is 171 Å². The molecule has 4 saturated carbocycles. The fourth-order valence-corrected chi connectivity index (χ4v) is 15.9. The maximum Gasteiger partial charge on any atom is 0.408 e. The number of nitrogens with two attached hydrogens (primary N) is 1. The van der Waals surface area contributed by atoms with Crippen LogP contribution in [-0.2, 0) is 47.8 Å². The minimum absolute atomic E-state index is 0.0725. The summed E-state index contributed by atoms with van der Waals surface area (Å²) >= 11 is 14.1. The number of primary amides is 1. The maximum absolute atomic E-state index is 16.1. The Kier molecular flexibility index (Phi) is 22.2. The molecule has 107 heavy (non-hydrogen) atoms. The molecule has 19 N–H and O–H groups in total. The molecule has 5 fully saturated rings. The van der Waals surface area contributed by atoms with Crippen molar-refractivity contribution in [2.24, 2.45) is 35.3 Å². The minimum Gasteiger partial charge on any atom is -0.508 e. The van der Waals surface area contributed by atoms with E-state index in [1.165, 1.54) is 12.1 Å². The van der Waals surface area contributed by atoms with Crippen molar-refractivity contribution in [2.45, 2.75) is 176 Å². The van der Waals surface area contributed by atoms with Gasteiger partial charge in [0.25, 0.3) is 0 Å². The molecule has 0 spiro atoms. The van der Waals surface area contributed by atoms with Gasteiger partial charge in [0.15, 0.2) is 11.5 Å². The van der Waals surface area contributed by atoms with Crippen LogP contribution in [0.3, 0.4) is 0 Å². The van der Waals surface area contributed by atoms with Crippen molar-refractivity contribution in [1.29, 1.82) is 0 Å². The Hall–Kier alpha value is -9.77. The Labute approximate surface area is 621 Å². The van der Waals surface area contributed by atoms with Gasteiger partial charge in [0.05, 0.1) is 23.1 Å². The van der Waals surface area contributed by atoms with E-state index >= 15 is 28.8 Å². The van der Waals surface area contributed by atoms with E-state index in [9.17, 15) is 60.3 Å². The van der Waals surface area contributed by atoms with Gasteiger partial charge in [-0.1, -0.05) is 55.2 Å². The second kappa shape index (κ2) is 30.8. The lowest BCUT2D eigenvalue weighted by Crippen LogP contribution is -2.60. The fraction of sp³-hybridized carbons (Fsp3) is 0.466. The average Bonchev–Trinajstić information content (AvgIpc) is 0.756. The molecule has 10 aliphatic rings. The van der Waals surface area contributed by atoms with Gasteiger partial charge < -0.3 is 118 Å². The average molecular weight is 1530 g/mol. The first-order valence-corrected chi connectivity index (χ1v) is 35.6. The summed E-state index contributed by atoms with van der Waals surface area (Å²) in [5.74, 6) is -13.9. The molecule has 9 amide bonds. The number of phenols is 3. The summed E-state index contributed by atoms with van der Waals surface area (Å²) in [4.78, 5) is 134. The molecule has 6 aliphatic heterocycles. The molecular weight excluding hydrogens is 1440 g/mol. The topological polar surface area (TPSA) is 504 Å². The molecule has 0 radical (unpaired) electrons. The minimum atomic E-state index is -2.34. The number of carbonyl (C=O) groups is 9. The van der Waals surface area contributed by atoms with Gasteiger partial charge >= 0.3 is 6.09 Å². The standard InChI is InChI=1S/C73H83Cl2N9O23/c1-27(2)12-41(78-72(102)107-73(3,4)5)64(95)83-56-58(90)31-7-10-45(39(74)19-31)103-47-21-35-22-48(63(47)106-71-62(94)61(93)60(92)49(26-85)105-71)104-46-11-8-32(20-40(46)75)59(91)57-70(101)82-55(68(99)79-52-33-14-28-13-29(16-33)17-34(52)15-28)38-23-36(86)24-44(88)51(38)37-18-30(6-9-43(37)87)53(66(97)84-57)81-67(98)54(35)80-65(96)42(25-50(76)89)77-69(56)100/h6-11,18-24,27-29,33-34,41-42,49,52-62,71,85-88,90-94H,12-17,25-26H2,1-5H3,(H2,76,89)(H,77,100)(H,78,102)(H,79,99)(H,80,96)(H,81,98)(H,82,101)(H,83,95)(H,84,97)/t28?,29?,33?,34?,41-,42+,49?,52?,53-,54-,55+,56-,57+,58-,59-,60?,61?,62?,71?/m1/s1. The summed E-state index contributed by atoms with van der Waals surface area (Å²) in [5, 5.41) is 124. The zero-order valence-corrected chi connectivity index (χ0v) is 59.8. The number of hydrogen-bond donors (Lipinski definition) is 18. The maximum atomic E-state index is 16.1. The van der Waals surface area contributed by atoms with Gasteiger partial charge in [0.1, 0.15) is 113 Å². The molecular formula is C73H83Cl2N9O23. The predicted molar refractivity (Wildman–Crippen MR) is 375 cm³/mol. The number of alkyl carbamates (subject to hydrolysis) is 1. The Morgan fingerprint density at radius 3 is 1.81 bits per heavy atom. The number of nitrogens with one attached hydrogen (secondary N) is 8. The number of rotatable bonds is 12. The van der Waals surface area contributed by atoms with Crippen LogP contribution in [0.4, 0.5) is 4.79 Å². The first kappa shape index (κ1) is 76.9. The number of carbonyl (C=O) groups excluding carboxylic acids is 9. The number of aliphatic hydroxyl groups is 6. The zero-order valence-electron chi connectivity index (χ0n) is 58.3. The van der Waals surface area contributed by atoms with Gasteiger partial charge in [-0.25, -0.2) is 4.79 Å². The summed E-state index contributed by atoms with van der Waals surface area (Å²) in [7, 11) is 0. The van der Waals surface area contributed by atoms with E-state index in [1.807, 2.05) is 0 Å². The summed E-state index contributed by atoms with van der Waals surface area (Å²) in [6, 6.07) is -0.575. The van der Waals surface area contributed by atoms with Crippen LogP contribution in [-0.4, -0.2) is 172 Å². The highest BCUT2D eigenvalue weighted by molar-refractivity contribution is 6.32. The van der Waals surface area contributed by atoms with Crippen molar-refractivity contribution in [2.75, 3.05) is 6.61 Å². The third-order valence-electron chi connectivity index (χ3n) is 20.3. The number of amides is 9. The first-order valence-electron chi connectivity index (χ1n) is 34.9. The number of fused-ring (bicyclic) bond motifs is 15. The van der Waals surface area contributed by atoms with Crippen LogP contribution in [0.25, 0.3) is 11.1 Å². The molecule has 572 valence electrons. The number of benzene rings is 5. The van der Waals surface area contributed by atoms with Crippen LogP contribution in [0.15, 0.2) is 78.9 Å². The largest absolute Gasteiger partial charge is 0.508 e. The van der Waals surface area contributed by atoms with Crippen LogP contribution < -0.4 is 62.5 Å². The molecule has 15 rings (SSSR count). The van der Waals surface area contributed by atoms with Crippen molar-refractivity contribution in [3.63, 3.8) is 0 Å². The monoisotopic (exact) mass is 1520 g/mol. The molecule has 32 nitrogen and oxygen atoms in total. The quantitative estimate of drug-likeness (QED) is 0.0853. The van der Waals surface area contributed by atoms with E-state index in [1.54, 1.807) is 34.6 Å².